The van der Waals surface area contributed by atoms with Crippen LogP contribution >= 0.6 is 0 Å². The normalized spacial score (nSPS) is 27.5. The molecule has 0 bridgehead atoms. The summed E-state index contributed by atoms with van der Waals surface area (Å²) in [6, 6.07) is 0. The Balaban J connectivity index is 2.25. The molecule has 0 saturated carbocycles. The van der Waals surface area contributed by atoms with Gasteiger partial charge in [0, 0.05) is 11.5 Å². The van der Waals surface area contributed by atoms with Crippen LogP contribution in [0.3, 0.4) is 0 Å². The van der Waals surface area contributed by atoms with Crippen molar-refractivity contribution in [1.82, 2.24) is 0 Å². The number of Topliss-reactive ketones (excluding diaryl/α,β-unsaturated/α-hetero) is 1. The van der Waals surface area contributed by atoms with Crippen LogP contribution in [0.4, 0.5) is 0 Å². The van der Waals surface area contributed by atoms with Gasteiger partial charge in [-0.2, -0.15) is 0 Å². The second-order valence-corrected chi connectivity index (χ2v) is 3.53. The summed E-state index contributed by atoms with van der Waals surface area (Å²) in [4.78, 5) is 21.8. The second kappa shape index (κ2) is 3.38. The number of ether oxygens (including phenoxy) is 1. The predicted octanol–water partition coefficient (Wildman–Crippen LogP) is 1.06. The molecule has 2 unspecified atom stereocenters. The first-order chi connectivity index (χ1) is 7.08. The third-order valence-electron chi connectivity index (χ3n) is 2.44. The number of ketones is 1. The maximum absolute atomic E-state index is 11.1. The molecular formula is C11H10O4. The third kappa shape index (κ3) is 1.70. The molecule has 4 nitrogen and oxygen atoms in total. The van der Waals surface area contributed by atoms with Gasteiger partial charge in [0.1, 0.15) is 6.10 Å². The van der Waals surface area contributed by atoms with Crippen molar-refractivity contribution >= 4 is 11.8 Å². The molecule has 0 radical (unpaired) electrons. The smallest absolute Gasteiger partial charge is 0.370 e. The van der Waals surface area contributed by atoms with Gasteiger partial charge in [0.15, 0.2) is 5.78 Å². The lowest BCUT2D eigenvalue weighted by molar-refractivity contribution is -0.136. The van der Waals surface area contributed by atoms with Gasteiger partial charge in [-0.1, -0.05) is 12.2 Å². The van der Waals surface area contributed by atoms with Crippen molar-refractivity contribution in [2.75, 3.05) is 0 Å². The minimum absolute atomic E-state index is 0.0260. The summed E-state index contributed by atoms with van der Waals surface area (Å²) in [5.74, 6) is -1.28. The molecular weight excluding hydrogens is 196 g/mol. The Bertz CT molecular complexity index is 414. The summed E-state index contributed by atoms with van der Waals surface area (Å²) < 4.78 is 5.17. The van der Waals surface area contributed by atoms with Gasteiger partial charge in [-0.3, -0.25) is 4.79 Å². The Morgan fingerprint density at radius 3 is 2.73 bits per heavy atom. The summed E-state index contributed by atoms with van der Waals surface area (Å²) in [6.07, 6.45) is 6.37. The van der Waals surface area contributed by atoms with Crippen LogP contribution in [0.2, 0.25) is 0 Å². The molecule has 78 valence electrons. The lowest BCUT2D eigenvalue weighted by atomic mass is 9.93. The van der Waals surface area contributed by atoms with E-state index in [1.165, 1.54) is 13.0 Å². The van der Waals surface area contributed by atoms with Crippen molar-refractivity contribution in [2.24, 2.45) is 5.92 Å². The molecule has 0 aromatic rings. The van der Waals surface area contributed by atoms with E-state index in [1.54, 1.807) is 18.2 Å². The van der Waals surface area contributed by atoms with Crippen molar-refractivity contribution in [3.8, 4) is 0 Å². The third-order valence-corrected chi connectivity index (χ3v) is 2.44. The molecule has 0 saturated heterocycles. The van der Waals surface area contributed by atoms with E-state index in [2.05, 4.69) is 0 Å². The van der Waals surface area contributed by atoms with E-state index in [9.17, 15) is 9.59 Å². The van der Waals surface area contributed by atoms with E-state index >= 15 is 0 Å². The molecule has 1 aliphatic carbocycles. The van der Waals surface area contributed by atoms with Gasteiger partial charge in [-0.25, -0.2) is 4.79 Å². The molecule has 1 aliphatic heterocycles. The van der Waals surface area contributed by atoms with Gasteiger partial charge >= 0.3 is 5.97 Å². The zero-order valence-corrected chi connectivity index (χ0v) is 8.14. The number of carbonyl (C=O) groups excluding carboxylic acids is 1. The van der Waals surface area contributed by atoms with Crippen molar-refractivity contribution < 1.29 is 19.4 Å². The quantitative estimate of drug-likeness (QED) is 0.733. The number of fused-ring (bicyclic) bond motifs is 1. The van der Waals surface area contributed by atoms with Crippen molar-refractivity contribution in [1.29, 1.82) is 0 Å². The highest BCUT2D eigenvalue weighted by molar-refractivity contribution is 5.96. The zero-order chi connectivity index (χ0) is 11.0. The summed E-state index contributed by atoms with van der Waals surface area (Å²) in [7, 11) is 0. The highest BCUT2D eigenvalue weighted by Crippen LogP contribution is 2.30. The molecule has 0 aromatic heterocycles. The molecule has 1 N–H and O–H groups in total. The fraction of sp³-hybridized carbons (Fsp3) is 0.273. The summed E-state index contributed by atoms with van der Waals surface area (Å²) in [6.45, 7) is 1.48. The van der Waals surface area contributed by atoms with Gasteiger partial charge in [0.2, 0.25) is 5.76 Å². The number of carboxylic acids is 1. The fourth-order valence-electron chi connectivity index (χ4n) is 1.66. The molecule has 4 heteroatoms. The monoisotopic (exact) mass is 206 g/mol. The molecule has 15 heavy (non-hydrogen) atoms. The van der Waals surface area contributed by atoms with Crippen LogP contribution in [-0.4, -0.2) is 23.0 Å². The highest BCUT2D eigenvalue weighted by atomic mass is 16.5. The number of hydrogen-bond donors (Lipinski definition) is 1. The number of hydrogen-bond acceptors (Lipinski definition) is 3. The van der Waals surface area contributed by atoms with Crippen LogP contribution in [0.25, 0.3) is 0 Å². The Hall–Kier alpha value is -1.84. The van der Waals surface area contributed by atoms with E-state index in [0.29, 0.717) is 5.57 Å². The minimum Gasteiger partial charge on any atom is -0.478 e. The molecule has 2 rings (SSSR count). The first kappa shape index (κ1) is 9.71. The number of carbonyl (C=O) groups is 2. The topological polar surface area (TPSA) is 63.6 Å². The maximum atomic E-state index is 11.1. The van der Waals surface area contributed by atoms with Crippen LogP contribution in [0.15, 0.2) is 35.6 Å². The molecule has 2 aliphatic rings. The molecule has 1 heterocycles. The zero-order valence-electron chi connectivity index (χ0n) is 8.14. The number of carboxylic acid groups (broad SMARTS) is 1. The van der Waals surface area contributed by atoms with E-state index in [0.717, 1.165) is 0 Å². The lowest BCUT2D eigenvalue weighted by Crippen LogP contribution is -2.17. The van der Waals surface area contributed by atoms with E-state index in [4.69, 9.17) is 9.84 Å². The number of allylic oxidation sites excluding steroid dienone is 2. The Labute approximate surface area is 86.5 Å². The second-order valence-electron chi connectivity index (χ2n) is 3.53. The highest BCUT2D eigenvalue weighted by Gasteiger charge is 2.31. The van der Waals surface area contributed by atoms with Gasteiger partial charge in [-0.05, 0) is 19.1 Å². The first-order valence-electron chi connectivity index (χ1n) is 4.60. The average Bonchev–Trinajstić information content (AvgIpc) is 2.59. The SMILES string of the molecule is CC(=O)C1=CC2C=C(C(=O)O)OC2C=C1. The number of aliphatic carboxylic acids is 1. The summed E-state index contributed by atoms with van der Waals surface area (Å²) >= 11 is 0. The van der Waals surface area contributed by atoms with Crippen LogP contribution in [-0.2, 0) is 14.3 Å². The minimum atomic E-state index is -1.07. The molecule has 0 spiro atoms. The van der Waals surface area contributed by atoms with Crippen molar-refractivity contribution in [3.63, 3.8) is 0 Å². The van der Waals surface area contributed by atoms with E-state index in [1.807, 2.05) is 0 Å². The van der Waals surface area contributed by atoms with Crippen LogP contribution in [0.5, 0.6) is 0 Å². The summed E-state index contributed by atoms with van der Waals surface area (Å²) in [5, 5.41) is 8.73. The average molecular weight is 206 g/mol. The van der Waals surface area contributed by atoms with Crippen molar-refractivity contribution in [3.05, 3.63) is 35.6 Å². The Kier molecular flexibility index (Phi) is 2.19. The molecule has 0 amide bonds. The lowest BCUT2D eigenvalue weighted by Gasteiger charge is -2.16. The number of rotatable bonds is 2. The molecule has 0 aromatic carbocycles. The Morgan fingerprint density at radius 2 is 2.13 bits per heavy atom. The first-order valence-corrected chi connectivity index (χ1v) is 4.60. The standard InChI is InChI=1S/C11H10O4/c1-6(12)7-2-3-9-8(4-7)5-10(15-9)11(13)14/h2-5,8-9H,1H3,(H,13,14). The van der Waals surface area contributed by atoms with Gasteiger partial charge in [-0.15, -0.1) is 0 Å². The van der Waals surface area contributed by atoms with Gasteiger partial charge in [0.05, 0.1) is 0 Å². The van der Waals surface area contributed by atoms with Crippen LogP contribution in [0, 0.1) is 5.92 Å². The fourth-order valence-corrected chi connectivity index (χ4v) is 1.66. The van der Waals surface area contributed by atoms with Gasteiger partial charge < -0.3 is 9.84 Å². The van der Waals surface area contributed by atoms with Crippen LogP contribution in [0.1, 0.15) is 6.92 Å². The predicted molar refractivity (Wildman–Crippen MR) is 52.0 cm³/mol. The van der Waals surface area contributed by atoms with E-state index < -0.39 is 5.97 Å². The summed E-state index contributed by atoms with van der Waals surface area (Å²) in [5.41, 5.74) is 0.600. The maximum Gasteiger partial charge on any atom is 0.370 e. The van der Waals surface area contributed by atoms with Gasteiger partial charge in [0.25, 0.3) is 0 Å². The van der Waals surface area contributed by atoms with E-state index in [-0.39, 0.29) is 23.6 Å². The largest absolute Gasteiger partial charge is 0.478 e. The Morgan fingerprint density at radius 1 is 1.40 bits per heavy atom. The van der Waals surface area contributed by atoms with Crippen molar-refractivity contribution in [2.45, 2.75) is 13.0 Å². The van der Waals surface area contributed by atoms with Crippen LogP contribution < -0.4 is 0 Å². The molecule has 0 fully saturated rings. The molecule has 2 atom stereocenters.